The van der Waals surface area contributed by atoms with E-state index in [1.54, 1.807) is 30.3 Å². The Morgan fingerprint density at radius 2 is 1.97 bits per heavy atom. The van der Waals surface area contributed by atoms with E-state index < -0.39 is 0 Å². The summed E-state index contributed by atoms with van der Waals surface area (Å²) in [4.78, 5) is 14.9. The van der Waals surface area contributed by atoms with Gasteiger partial charge in [-0.05, 0) is 48.0 Å². The van der Waals surface area contributed by atoms with Crippen LogP contribution in [0.25, 0.3) is 6.08 Å². The Kier molecular flexibility index (Phi) is 6.70. The molecule has 0 aliphatic carbocycles. The van der Waals surface area contributed by atoms with Gasteiger partial charge in [-0.15, -0.1) is 0 Å². The monoisotopic (exact) mass is 437 g/mol. The first kappa shape index (κ1) is 21.2. The Morgan fingerprint density at radius 1 is 1.19 bits per heavy atom. The van der Waals surface area contributed by atoms with Crippen LogP contribution < -0.4 is 9.64 Å². The van der Waals surface area contributed by atoms with Crippen LogP contribution >= 0.6 is 11.6 Å². The molecule has 0 spiro atoms. The quantitative estimate of drug-likeness (QED) is 0.407. The number of carbonyl (C=O) groups is 1. The van der Waals surface area contributed by atoms with Crippen LogP contribution in [0.4, 0.5) is 5.69 Å². The standard InChI is InChI=1S/C24H24ClN3O3/c1-30-24-9-3-18(14-20(24)16-28-17-21(25)15-26-28)2-8-23(29)19-4-6-22(7-5-19)27-10-12-31-13-11-27/h2-9,14-15,17H,10-13,16H2,1H3/b8-2+. The van der Waals surface area contributed by atoms with E-state index in [0.717, 1.165) is 48.9 Å². The van der Waals surface area contributed by atoms with Gasteiger partial charge in [0.25, 0.3) is 0 Å². The van der Waals surface area contributed by atoms with E-state index in [2.05, 4.69) is 10.00 Å². The van der Waals surface area contributed by atoms with Gasteiger partial charge in [0.05, 0.1) is 38.1 Å². The molecule has 1 saturated heterocycles. The van der Waals surface area contributed by atoms with Crippen molar-refractivity contribution in [1.82, 2.24) is 9.78 Å². The maximum Gasteiger partial charge on any atom is 0.185 e. The van der Waals surface area contributed by atoms with Crippen LogP contribution in [0.15, 0.2) is 60.9 Å². The number of halogens is 1. The van der Waals surface area contributed by atoms with Gasteiger partial charge in [0.1, 0.15) is 5.75 Å². The maximum absolute atomic E-state index is 12.6. The van der Waals surface area contributed by atoms with E-state index in [9.17, 15) is 4.79 Å². The second-order valence-electron chi connectivity index (χ2n) is 7.27. The second kappa shape index (κ2) is 9.81. The van der Waals surface area contributed by atoms with Crippen LogP contribution in [0.1, 0.15) is 21.5 Å². The largest absolute Gasteiger partial charge is 0.496 e. The Balaban J connectivity index is 1.46. The van der Waals surface area contributed by atoms with Gasteiger partial charge in [-0.3, -0.25) is 9.48 Å². The average Bonchev–Trinajstić information content (AvgIpc) is 3.22. The van der Waals surface area contributed by atoms with Gasteiger partial charge < -0.3 is 14.4 Å². The van der Waals surface area contributed by atoms with Crippen LogP contribution in [0.3, 0.4) is 0 Å². The Morgan fingerprint density at radius 3 is 2.65 bits per heavy atom. The lowest BCUT2D eigenvalue weighted by atomic mass is 10.1. The zero-order valence-corrected chi connectivity index (χ0v) is 18.1. The van der Waals surface area contributed by atoms with Crippen LogP contribution in [-0.2, 0) is 11.3 Å². The van der Waals surface area contributed by atoms with Gasteiger partial charge in [0, 0.05) is 36.1 Å². The molecular formula is C24H24ClN3O3. The van der Waals surface area contributed by atoms with Crippen LogP contribution in [0, 0.1) is 0 Å². The molecule has 1 fully saturated rings. The molecule has 0 bridgehead atoms. The number of benzene rings is 2. The number of carbonyl (C=O) groups excluding carboxylic acids is 1. The van der Waals surface area contributed by atoms with Gasteiger partial charge in [0.15, 0.2) is 5.78 Å². The molecule has 1 aromatic heterocycles. The fourth-order valence-corrected chi connectivity index (χ4v) is 3.71. The summed E-state index contributed by atoms with van der Waals surface area (Å²) in [6.07, 6.45) is 6.77. The van der Waals surface area contributed by atoms with Crippen LogP contribution in [0.5, 0.6) is 5.75 Å². The lowest BCUT2D eigenvalue weighted by molar-refractivity contribution is 0.104. The summed E-state index contributed by atoms with van der Waals surface area (Å²) in [7, 11) is 1.63. The third-order valence-corrected chi connectivity index (χ3v) is 5.39. The summed E-state index contributed by atoms with van der Waals surface area (Å²) in [6, 6.07) is 13.5. The molecule has 0 atom stereocenters. The van der Waals surface area contributed by atoms with E-state index >= 15 is 0 Å². The van der Waals surface area contributed by atoms with Gasteiger partial charge in [-0.2, -0.15) is 5.10 Å². The second-order valence-corrected chi connectivity index (χ2v) is 7.71. The number of morpholine rings is 1. The van der Waals surface area contributed by atoms with E-state index in [0.29, 0.717) is 17.1 Å². The molecule has 2 heterocycles. The van der Waals surface area contributed by atoms with Crippen LogP contribution in [-0.4, -0.2) is 49.0 Å². The van der Waals surface area contributed by atoms with Gasteiger partial charge in [-0.25, -0.2) is 0 Å². The maximum atomic E-state index is 12.6. The fraction of sp³-hybridized carbons (Fsp3) is 0.250. The molecule has 7 heteroatoms. The highest BCUT2D eigenvalue weighted by atomic mass is 35.5. The molecule has 3 aromatic rings. The molecule has 0 unspecified atom stereocenters. The molecule has 1 aliphatic rings. The van der Waals surface area contributed by atoms with Crippen molar-refractivity contribution in [1.29, 1.82) is 0 Å². The number of nitrogens with zero attached hydrogens (tertiary/aromatic N) is 3. The highest BCUT2D eigenvalue weighted by Gasteiger charge is 2.12. The first-order valence-electron chi connectivity index (χ1n) is 10.1. The van der Waals surface area contributed by atoms with Crippen molar-refractivity contribution in [3.63, 3.8) is 0 Å². The molecule has 2 aromatic carbocycles. The van der Waals surface area contributed by atoms with Crippen molar-refractivity contribution in [3.05, 3.63) is 82.6 Å². The van der Waals surface area contributed by atoms with Crippen LogP contribution in [0.2, 0.25) is 5.02 Å². The van der Waals surface area contributed by atoms with E-state index in [-0.39, 0.29) is 5.78 Å². The van der Waals surface area contributed by atoms with Crippen molar-refractivity contribution in [2.75, 3.05) is 38.3 Å². The number of hydrogen-bond donors (Lipinski definition) is 0. The molecule has 6 nitrogen and oxygen atoms in total. The third-order valence-electron chi connectivity index (χ3n) is 5.19. The topological polar surface area (TPSA) is 56.6 Å². The molecule has 0 radical (unpaired) electrons. The van der Waals surface area contributed by atoms with Crippen molar-refractivity contribution in [2.24, 2.45) is 0 Å². The molecule has 0 saturated carbocycles. The molecule has 0 N–H and O–H groups in total. The number of anilines is 1. The lowest BCUT2D eigenvalue weighted by Crippen LogP contribution is -2.36. The van der Waals surface area contributed by atoms with Gasteiger partial charge in [0.2, 0.25) is 0 Å². The molecular weight excluding hydrogens is 414 g/mol. The SMILES string of the molecule is COc1ccc(/C=C/C(=O)c2ccc(N3CCOCC3)cc2)cc1Cn1cc(Cl)cn1. The van der Waals surface area contributed by atoms with E-state index in [1.165, 1.54) is 0 Å². The smallest absolute Gasteiger partial charge is 0.185 e. The minimum atomic E-state index is -0.0373. The van der Waals surface area contributed by atoms with Crippen molar-refractivity contribution >= 4 is 29.1 Å². The van der Waals surface area contributed by atoms with Gasteiger partial charge >= 0.3 is 0 Å². The summed E-state index contributed by atoms with van der Waals surface area (Å²) in [5.74, 6) is 0.721. The zero-order valence-electron chi connectivity index (χ0n) is 17.3. The summed E-state index contributed by atoms with van der Waals surface area (Å²) < 4.78 is 12.6. The highest BCUT2D eigenvalue weighted by molar-refractivity contribution is 6.30. The number of ketones is 1. The predicted octanol–water partition coefficient (Wildman–Crippen LogP) is 4.33. The average molecular weight is 438 g/mol. The van der Waals surface area contributed by atoms with E-state index in [1.807, 2.05) is 48.5 Å². The first-order valence-corrected chi connectivity index (χ1v) is 10.5. The minimum Gasteiger partial charge on any atom is -0.496 e. The highest BCUT2D eigenvalue weighted by Crippen LogP contribution is 2.23. The third kappa shape index (κ3) is 5.34. The number of rotatable bonds is 7. The fourth-order valence-electron chi connectivity index (χ4n) is 3.55. The number of aromatic nitrogens is 2. The van der Waals surface area contributed by atoms with Crippen molar-refractivity contribution < 1.29 is 14.3 Å². The summed E-state index contributed by atoms with van der Waals surface area (Å²) in [5, 5.41) is 4.80. The first-order chi connectivity index (χ1) is 15.1. The molecule has 0 amide bonds. The summed E-state index contributed by atoms with van der Waals surface area (Å²) in [5.41, 5.74) is 3.63. The number of methoxy groups -OCH3 is 1. The summed E-state index contributed by atoms with van der Waals surface area (Å²) >= 11 is 5.96. The van der Waals surface area contributed by atoms with Crippen molar-refractivity contribution in [3.8, 4) is 5.75 Å². The number of allylic oxidation sites excluding steroid dienone is 1. The molecule has 4 rings (SSSR count). The van der Waals surface area contributed by atoms with Gasteiger partial charge in [-0.1, -0.05) is 23.7 Å². The zero-order chi connectivity index (χ0) is 21.6. The lowest BCUT2D eigenvalue weighted by Gasteiger charge is -2.28. The molecule has 160 valence electrons. The number of hydrogen-bond acceptors (Lipinski definition) is 5. The summed E-state index contributed by atoms with van der Waals surface area (Å²) in [6.45, 7) is 3.74. The van der Waals surface area contributed by atoms with Crippen molar-refractivity contribution in [2.45, 2.75) is 6.54 Å². The molecule has 31 heavy (non-hydrogen) atoms. The number of ether oxygens (including phenoxy) is 2. The molecule has 1 aliphatic heterocycles. The Hall–Kier alpha value is -3.09. The van der Waals surface area contributed by atoms with E-state index in [4.69, 9.17) is 21.1 Å². The normalized spacial score (nSPS) is 14.2. The Bertz CT molecular complexity index is 1070. The predicted molar refractivity (Wildman–Crippen MR) is 122 cm³/mol. The Labute approximate surface area is 186 Å². The minimum absolute atomic E-state index is 0.0373.